The van der Waals surface area contributed by atoms with Crippen molar-refractivity contribution in [2.45, 2.75) is 46.0 Å². The fraction of sp³-hybridized carbons (Fsp3) is 0.333. The van der Waals surface area contributed by atoms with Crippen molar-refractivity contribution in [2.24, 2.45) is 5.92 Å². The molecule has 3 aromatic rings. The van der Waals surface area contributed by atoms with Crippen molar-refractivity contribution < 1.29 is 9.53 Å². The Kier molecular flexibility index (Phi) is 6.40. The lowest BCUT2D eigenvalue weighted by atomic mass is 10.00. The first-order valence-corrected chi connectivity index (χ1v) is 11.8. The first-order chi connectivity index (χ1) is 15.3. The SMILES string of the molecule is CC(=O)N1c2c(C)cc(C)cc2-c2nnc(SCC(C)C)nc2O[C@H]1c1ccccc1Cl. The van der Waals surface area contributed by atoms with Gasteiger partial charge < -0.3 is 4.74 Å². The maximum atomic E-state index is 13.0. The average molecular weight is 469 g/mol. The molecule has 2 aromatic carbocycles. The summed E-state index contributed by atoms with van der Waals surface area (Å²) in [6, 6.07) is 11.4. The number of fused-ring (bicyclic) bond motifs is 3. The molecule has 32 heavy (non-hydrogen) atoms. The van der Waals surface area contributed by atoms with Gasteiger partial charge in [-0.15, -0.1) is 10.2 Å². The van der Waals surface area contributed by atoms with Crippen LogP contribution in [0, 0.1) is 19.8 Å². The van der Waals surface area contributed by atoms with E-state index in [1.54, 1.807) is 11.0 Å². The van der Waals surface area contributed by atoms with Gasteiger partial charge >= 0.3 is 0 Å². The fourth-order valence-electron chi connectivity index (χ4n) is 3.79. The molecule has 4 rings (SSSR count). The van der Waals surface area contributed by atoms with Crippen LogP contribution < -0.4 is 9.64 Å². The summed E-state index contributed by atoms with van der Waals surface area (Å²) in [6.45, 7) is 9.79. The van der Waals surface area contributed by atoms with E-state index in [-0.39, 0.29) is 5.91 Å². The Morgan fingerprint density at radius 3 is 2.66 bits per heavy atom. The number of halogens is 1. The van der Waals surface area contributed by atoms with Gasteiger partial charge in [-0.2, -0.15) is 4.98 Å². The molecule has 0 saturated carbocycles. The van der Waals surface area contributed by atoms with Crippen LogP contribution >= 0.6 is 23.4 Å². The molecular weight excluding hydrogens is 444 g/mol. The first-order valence-electron chi connectivity index (χ1n) is 10.5. The van der Waals surface area contributed by atoms with Gasteiger partial charge in [0.2, 0.25) is 23.2 Å². The Morgan fingerprint density at radius 2 is 1.97 bits per heavy atom. The maximum Gasteiger partial charge on any atom is 0.247 e. The highest BCUT2D eigenvalue weighted by Crippen LogP contribution is 2.46. The molecule has 1 amide bonds. The van der Waals surface area contributed by atoms with E-state index in [1.165, 1.54) is 18.7 Å². The van der Waals surface area contributed by atoms with Gasteiger partial charge in [0.1, 0.15) is 0 Å². The van der Waals surface area contributed by atoms with E-state index in [4.69, 9.17) is 16.3 Å². The molecule has 0 radical (unpaired) electrons. The number of hydrogen-bond donors (Lipinski definition) is 0. The molecule has 1 aromatic heterocycles. The number of amides is 1. The molecule has 166 valence electrons. The van der Waals surface area contributed by atoms with Gasteiger partial charge in [-0.25, -0.2) is 0 Å². The Balaban J connectivity index is 1.96. The number of benzene rings is 2. The molecule has 2 heterocycles. The zero-order valence-electron chi connectivity index (χ0n) is 18.7. The van der Waals surface area contributed by atoms with Gasteiger partial charge in [0.15, 0.2) is 5.69 Å². The number of carbonyl (C=O) groups is 1. The van der Waals surface area contributed by atoms with Gasteiger partial charge in [-0.1, -0.05) is 67.0 Å². The Labute approximate surface area is 197 Å². The fourth-order valence-corrected chi connectivity index (χ4v) is 4.75. The van der Waals surface area contributed by atoms with Crippen LogP contribution in [-0.2, 0) is 4.79 Å². The van der Waals surface area contributed by atoms with Gasteiger partial charge in [0.05, 0.1) is 5.69 Å². The number of rotatable bonds is 4. The smallest absolute Gasteiger partial charge is 0.247 e. The van der Waals surface area contributed by atoms with Crippen molar-refractivity contribution in [3.05, 3.63) is 58.1 Å². The summed E-state index contributed by atoms with van der Waals surface area (Å²) in [6.07, 6.45) is -0.790. The van der Waals surface area contributed by atoms with E-state index in [1.807, 2.05) is 44.2 Å². The third kappa shape index (κ3) is 4.32. The zero-order chi connectivity index (χ0) is 23.0. The monoisotopic (exact) mass is 468 g/mol. The zero-order valence-corrected chi connectivity index (χ0v) is 20.3. The molecule has 0 spiro atoms. The van der Waals surface area contributed by atoms with Crippen molar-refractivity contribution in [1.82, 2.24) is 15.2 Å². The molecule has 1 atom stereocenters. The molecule has 0 bridgehead atoms. The number of ether oxygens (including phenoxy) is 1. The lowest BCUT2D eigenvalue weighted by Gasteiger charge is -2.31. The predicted octanol–water partition coefficient (Wildman–Crippen LogP) is 6.00. The van der Waals surface area contributed by atoms with E-state index in [0.717, 1.165) is 28.1 Å². The highest BCUT2D eigenvalue weighted by Gasteiger charge is 2.36. The summed E-state index contributed by atoms with van der Waals surface area (Å²) in [5.41, 5.74) is 4.67. The molecule has 0 N–H and O–H groups in total. The highest BCUT2D eigenvalue weighted by atomic mass is 35.5. The van der Waals surface area contributed by atoms with Crippen LogP contribution in [0.25, 0.3) is 11.3 Å². The predicted molar refractivity (Wildman–Crippen MR) is 128 cm³/mol. The number of aromatic nitrogens is 3. The van der Waals surface area contributed by atoms with Gasteiger partial charge in [-0.05, 0) is 37.5 Å². The minimum Gasteiger partial charge on any atom is -0.447 e. The van der Waals surface area contributed by atoms with Crippen LogP contribution in [-0.4, -0.2) is 26.8 Å². The molecular formula is C24H25ClN4O2S. The number of carbonyl (C=O) groups excluding carboxylic acids is 1. The van der Waals surface area contributed by atoms with Gasteiger partial charge in [0, 0.05) is 28.8 Å². The van der Waals surface area contributed by atoms with Crippen molar-refractivity contribution in [3.8, 4) is 17.1 Å². The quantitative estimate of drug-likeness (QED) is 0.437. The number of aryl methyl sites for hydroxylation is 2. The van der Waals surface area contributed by atoms with E-state index >= 15 is 0 Å². The third-order valence-corrected chi connectivity index (χ3v) is 6.70. The number of anilines is 1. The lowest BCUT2D eigenvalue weighted by molar-refractivity contribution is -0.118. The largest absolute Gasteiger partial charge is 0.447 e. The summed E-state index contributed by atoms with van der Waals surface area (Å²) in [7, 11) is 0. The molecule has 0 aliphatic carbocycles. The standard InChI is InChI=1S/C24H25ClN4O2S/c1-13(2)12-32-24-26-22-20(27-28-24)18-11-14(3)10-15(4)21(18)29(16(5)30)23(31-22)17-8-6-7-9-19(17)25/h6-11,13,23H,12H2,1-5H3/t23-/m0/s1. The van der Waals surface area contributed by atoms with Crippen molar-refractivity contribution in [2.75, 3.05) is 10.7 Å². The molecule has 6 nitrogen and oxygen atoms in total. The van der Waals surface area contributed by atoms with Crippen LogP contribution in [0.1, 0.15) is 43.7 Å². The normalized spacial score (nSPS) is 15.1. The first kappa shape index (κ1) is 22.6. The van der Waals surface area contributed by atoms with Crippen molar-refractivity contribution >= 4 is 35.0 Å². The Bertz CT molecular complexity index is 1180. The molecule has 0 fully saturated rings. The van der Waals surface area contributed by atoms with Crippen LogP contribution in [0.15, 0.2) is 41.6 Å². The van der Waals surface area contributed by atoms with Crippen LogP contribution in [0.2, 0.25) is 5.02 Å². The highest BCUT2D eigenvalue weighted by molar-refractivity contribution is 7.99. The lowest BCUT2D eigenvalue weighted by Crippen LogP contribution is -2.36. The van der Waals surface area contributed by atoms with E-state index in [2.05, 4.69) is 29.0 Å². The Hall–Kier alpha value is -2.64. The van der Waals surface area contributed by atoms with Crippen LogP contribution in [0.4, 0.5) is 5.69 Å². The molecule has 0 unspecified atom stereocenters. The number of hydrogen-bond acceptors (Lipinski definition) is 6. The summed E-state index contributed by atoms with van der Waals surface area (Å²) in [5, 5.41) is 9.89. The Morgan fingerprint density at radius 1 is 1.22 bits per heavy atom. The van der Waals surface area contributed by atoms with Crippen LogP contribution in [0.5, 0.6) is 5.88 Å². The van der Waals surface area contributed by atoms with E-state index in [9.17, 15) is 4.79 Å². The molecule has 1 aliphatic rings. The second-order valence-corrected chi connectivity index (χ2v) is 9.71. The van der Waals surface area contributed by atoms with Gasteiger partial charge in [0.25, 0.3) is 0 Å². The summed E-state index contributed by atoms with van der Waals surface area (Å²) in [5.74, 6) is 1.52. The number of nitrogens with zero attached hydrogens (tertiary/aromatic N) is 4. The second-order valence-electron chi connectivity index (χ2n) is 8.31. The van der Waals surface area contributed by atoms with Crippen molar-refractivity contribution in [3.63, 3.8) is 0 Å². The molecule has 1 aliphatic heterocycles. The summed E-state index contributed by atoms with van der Waals surface area (Å²) in [4.78, 5) is 19.3. The van der Waals surface area contributed by atoms with E-state index in [0.29, 0.717) is 33.2 Å². The minimum absolute atomic E-state index is 0.168. The number of thioether (sulfide) groups is 1. The topological polar surface area (TPSA) is 68.2 Å². The maximum absolute atomic E-state index is 13.0. The summed E-state index contributed by atoms with van der Waals surface area (Å²) < 4.78 is 6.42. The third-order valence-electron chi connectivity index (χ3n) is 5.09. The van der Waals surface area contributed by atoms with E-state index < -0.39 is 6.23 Å². The van der Waals surface area contributed by atoms with Gasteiger partial charge in [-0.3, -0.25) is 9.69 Å². The minimum atomic E-state index is -0.790. The van der Waals surface area contributed by atoms with Crippen LogP contribution in [0.3, 0.4) is 0 Å². The molecule has 8 heteroatoms. The van der Waals surface area contributed by atoms with Crippen molar-refractivity contribution in [1.29, 1.82) is 0 Å². The second kappa shape index (κ2) is 9.08. The summed E-state index contributed by atoms with van der Waals surface area (Å²) >= 11 is 8.08. The molecule has 0 saturated heterocycles. The average Bonchev–Trinajstić information content (AvgIpc) is 2.87.